The zero-order valence-electron chi connectivity index (χ0n) is 10.6. The summed E-state index contributed by atoms with van der Waals surface area (Å²) < 4.78 is 3.31. The predicted octanol–water partition coefficient (Wildman–Crippen LogP) is 4.85. The topological polar surface area (TPSA) is 33.1 Å². The second-order valence-electron chi connectivity index (χ2n) is 5.06. The van der Waals surface area contributed by atoms with Crippen LogP contribution in [0.5, 0.6) is 0 Å². The van der Waals surface area contributed by atoms with Gasteiger partial charge in [-0.05, 0) is 16.5 Å². The molecule has 0 aliphatic heterocycles. The van der Waals surface area contributed by atoms with E-state index in [-0.39, 0.29) is 17.9 Å². The average molecular weight is 309 g/mol. The molecule has 100 valence electrons. The Labute approximate surface area is 123 Å². The van der Waals surface area contributed by atoms with E-state index in [4.69, 9.17) is 44.9 Å². The van der Waals surface area contributed by atoms with E-state index in [0.29, 0.717) is 0 Å². The van der Waals surface area contributed by atoms with Crippen LogP contribution in [0, 0.1) is 5.41 Å². The lowest BCUT2D eigenvalue weighted by molar-refractivity contribution is 0.283. The maximum Gasteiger partial charge on any atom is 0.265 e. The Morgan fingerprint density at radius 2 is 1.61 bits per heavy atom. The summed E-state index contributed by atoms with van der Waals surface area (Å²) in [6.07, 6.45) is 0. The third-order valence-electron chi connectivity index (χ3n) is 2.46. The summed E-state index contributed by atoms with van der Waals surface area (Å²) in [7, 11) is 0. The number of ether oxygens (including phenoxy) is 1. The van der Waals surface area contributed by atoms with Crippen molar-refractivity contribution in [1.29, 1.82) is 5.41 Å². The molecule has 0 fully saturated rings. The first kappa shape index (κ1) is 15.6. The summed E-state index contributed by atoms with van der Waals surface area (Å²) in [5.41, 5.74) is 2.29. The minimum atomic E-state index is -1.80. The molecule has 0 radical (unpaired) electrons. The molecular weight excluding hydrogens is 293 g/mol. The lowest BCUT2D eigenvalue weighted by Gasteiger charge is -2.19. The Bertz CT molecular complexity index is 415. The van der Waals surface area contributed by atoms with Gasteiger partial charge in [-0.2, -0.15) is 0 Å². The molecule has 5 heteroatoms. The third-order valence-corrected chi connectivity index (χ3v) is 2.98. The summed E-state index contributed by atoms with van der Waals surface area (Å²) in [6, 6.07) is 7.98. The van der Waals surface area contributed by atoms with E-state index in [0.717, 1.165) is 5.56 Å². The molecule has 0 spiro atoms. The molecule has 1 rings (SSSR count). The first-order valence-corrected chi connectivity index (χ1v) is 6.62. The molecule has 0 heterocycles. The van der Waals surface area contributed by atoms with Crippen LogP contribution in [-0.4, -0.2) is 9.69 Å². The molecule has 1 N–H and O–H groups in total. The number of nitrogens with one attached hydrogen (secondary N) is 1. The summed E-state index contributed by atoms with van der Waals surface area (Å²) in [5, 5.41) is 7.41. The van der Waals surface area contributed by atoms with Gasteiger partial charge in [-0.15, -0.1) is 0 Å². The molecule has 0 aliphatic rings. The van der Waals surface area contributed by atoms with E-state index >= 15 is 0 Å². The van der Waals surface area contributed by atoms with E-state index in [9.17, 15) is 0 Å². The Kier molecular flexibility index (Phi) is 4.93. The summed E-state index contributed by atoms with van der Waals surface area (Å²) in [5.74, 6) is -0.368. The van der Waals surface area contributed by atoms with Gasteiger partial charge in [-0.25, -0.2) is 0 Å². The van der Waals surface area contributed by atoms with Crippen LogP contribution in [0.2, 0.25) is 0 Å². The van der Waals surface area contributed by atoms with Gasteiger partial charge >= 0.3 is 0 Å². The first-order chi connectivity index (χ1) is 8.10. The van der Waals surface area contributed by atoms with Gasteiger partial charge in [0, 0.05) is 0 Å². The molecule has 0 aliphatic carbocycles. The van der Waals surface area contributed by atoms with Gasteiger partial charge in [0.2, 0.25) is 5.90 Å². The van der Waals surface area contributed by atoms with Crippen LogP contribution in [-0.2, 0) is 16.8 Å². The van der Waals surface area contributed by atoms with Crippen molar-refractivity contribution < 1.29 is 4.74 Å². The van der Waals surface area contributed by atoms with Gasteiger partial charge in [0.1, 0.15) is 6.61 Å². The molecule has 18 heavy (non-hydrogen) atoms. The maximum atomic E-state index is 7.41. The van der Waals surface area contributed by atoms with Gasteiger partial charge < -0.3 is 4.74 Å². The van der Waals surface area contributed by atoms with Crippen LogP contribution in [0.3, 0.4) is 0 Å². The quantitative estimate of drug-likeness (QED) is 0.473. The van der Waals surface area contributed by atoms with Crippen molar-refractivity contribution in [2.24, 2.45) is 0 Å². The van der Waals surface area contributed by atoms with E-state index in [1.165, 1.54) is 5.56 Å². The molecule has 0 amide bonds. The number of hydrogen-bond donors (Lipinski definition) is 1. The number of halogens is 3. The molecule has 0 aromatic heterocycles. The van der Waals surface area contributed by atoms with Gasteiger partial charge in [0.05, 0.1) is 0 Å². The van der Waals surface area contributed by atoms with Gasteiger partial charge in [-0.3, -0.25) is 5.41 Å². The smallest absolute Gasteiger partial charge is 0.265 e. The SMILES string of the molecule is CC(C)(C)c1ccc(COC(=N)C(Cl)(Cl)Cl)cc1. The van der Waals surface area contributed by atoms with Crippen molar-refractivity contribution in [3.05, 3.63) is 35.4 Å². The molecule has 0 unspecified atom stereocenters. The van der Waals surface area contributed by atoms with Crippen LogP contribution in [0.15, 0.2) is 24.3 Å². The lowest BCUT2D eigenvalue weighted by atomic mass is 9.87. The molecule has 2 nitrogen and oxygen atoms in total. The fraction of sp³-hybridized carbons (Fsp3) is 0.462. The number of hydrogen-bond acceptors (Lipinski definition) is 2. The Morgan fingerprint density at radius 1 is 1.11 bits per heavy atom. The van der Waals surface area contributed by atoms with Crippen molar-refractivity contribution in [3.8, 4) is 0 Å². The molecule has 0 saturated heterocycles. The molecule has 0 atom stereocenters. The summed E-state index contributed by atoms with van der Waals surface area (Å²) in [6.45, 7) is 6.67. The van der Waals surface area contributed by atoms with Crippen LogP contribution in [0.25, 0.3) is 0 Å². The zero-order chi connectivity index (χ0) is 14.0. The Hall–Kier alpha value is -0.440. The van der Waals surface area contributed by atoms with Crippen molar-refractivity contribution in [3.63, 3.8) is 0 Å². The van der Waals surface area contributed by atoms with E-state index in [2.05, 4.69) is 20.8 Å². The molecular formula is C13H16Cl3NO. The van der Waals surface area contributed by atoms with Crippen molar-refractivity contribution in [2.75, 3.05) is 0 Å². The minimum Gasteiger partial charge on any atom is -0.473 e. The van der Waals surface area contributed by atoms with Crippen molar-refractivity contribution in [1.82, 2.24) is 0 Å². The van der Waals surface area contributed by atoms with Crippen LogP contribution >= 0.6 is 34.8 Å². The fourth-order valence-electron chi connectivity index (χ4n) is 1.34. The van der Waals surface area contributed by atoms with Gasteiger partial charge in [0.15, 0.2) is 0 Å². The second-order valence-corrected chi connectivity index (χ2v) is 7.34. The predicted molar refractivity (Wildman–Crippen MR) is 77.9 cm³/mol. The average Bonchev–Trinajstić information content (AvgIpc) is 2.24. The Balaban J connectivity index is 2.63. The highest BCUT2D eigenvalue weighted by Gasteiger charge is 2.28. The van der Waals surface area contributed by atoms with E-state index in [1.54, 1.807) is 0 Å². The minimum absolute atomic E-state index is 0.115. The van der Waals surface area contributed by atoms with Gasteiger partial charge in [0.25, 0.3) is 3.79 Å². The molecule has 1 aromatic rings. The van der Waals surface area contributed by atoms with Crippen LogP contribution in [0.4, 0.5) is 0 Å². The number of benzene rings is 1. The summed E-state index contributed by atoms with van der Waals surface area (Å²) in [4.78, 5) is 0. The normalized spacial score (nSPS) is 12.3. The molecule has 0 bridgehead atoms. The highest BCUT2D eigenvalue weighted by molar-refractivity contribution is 6.75. The largest absolute Gasteiger partial charge is 0.473 e. The molecule has 0 saturated carbocycles. The van der Waals surface area contributed by atoms with Crippen molar-refractivity contribution >= 4 is 40.7 Å². The van der Waals surface area contributed by atoms with E-state index < -0.39 is 3.79 Å². The highest BCUT2D eigenvalue weighted by atomic mass is 35.6. The third kappa shape index (κ3) is 4.68. The fourth-order valence-corrected chi connectivity index (χ4v) is 1.50. The van der Waals surface area contributed by atoms with Crippen molar-refractivity contribution in [2.45, 2.75) is 36.6 Å². The zero-order valence-corrected chi connectivity index (χ0v) is 12.8. The lowest BCUT2D eigenvalue weighted by Crippen LogP contribution is -2.20. The second kappa shape index (κ2) is 5.68. The van der Waals surface area contributed by atoms with Gasteiger partial charge in [-0.1, -0.05) is 79.8 Å². The summed E-state index contributed by atoms with van der Waals surface area (Å²) >= 11 is 16.5. The monoisotopic (exact) mass is 307 g/mol. The van der Waals surface area contributed by atoms with Crippen LogP contribution < -0.4 is 0 Å². The van der Waals surface area contributed by atoms with Crippen LogP contribution in [0.1, 0.15) is 31.9 Å². The molecule has 1 aromatic carbocycles. The highest BCUT2D eigenvalue weighted by Crippen LogP contribution is 2.28. The number of rotatable bonds is 2. The number of alkyl halides is 3. The maximum absolute atomic E-state index is 7.41. The standard InChI is InChI=1S/C13H16Cl3NO/c1-12(2,3)10-6-4-9(5-7-10)8-18-11(17)13(14,15)16/h4-7,17H,8H2,1-3H3. The first-order valence-electron chi connectivity index (χ1n) is 5.48. The Morgan fingerprint density at radius 3 is 2.00 bits per heavy atom. The van der Waals surface area contributed by atoms with E-state index in [1.807, 2.05) is 24.3 Å².